The Morgan fingerprint density at radius 1 is 1.38 bits per heavy atom. The first-order chi connectivity index (χ1) is 6.33. The number of hydrogen-bond acceptors (Lipinski definition) is 3. The second-order valence-electron chi connectivity index (χ2n) is 2.65. The molecule has 0 unspecified atom stereocenters. The SMILES string of the molecule is COC1=c2ccccc2=CNN1Cl. The number of nitrogens with one attached hydrogen (secondary N) is 1. The van der Waals surface area contributed by atoms with Gasteiger partial charge in [0, 0.05) is 28.4 Å². The maximum atomic E-state index is 5.84. The lowest BCUT2D eigenvalue weighted by Gasteiger charge is -2.20. The Balaban J connectivity index is 2.78. The molecule has 0 fully saturated rings. The van der Waals surface area contributed by atoms with Crippen molar-refractivity contribution in [2.24, 2.45) is 0 Å². The molecule has 0 atom stereocenters. The lowest BCUT2D eigenvalue weighted by atomic mass is 10.2. The minimum Gasteiger partial charge on any atom is -0.480 e. The lowest BCUT2D eigenvalue weighted by molar-refractivity contribution is 0.279. The molecule has 1 heterocycles. The van der Waals surface area contributed by atoms with Crippen molar-refractivity contribution in [3.8, 4) is 0 Å². The number of methoxy groups -OCH3 is 1. The van der Waals surface area contributed by atoms with Gasteiger partial charge in [0.05, 0.1) is 7.11 Å². The zero-order valence-corrected chi connectivity index (χ0v) is 7.88. The van der Waals surface area contributed by atoms with Crippen molar-refractivity contribution >= 4 is 23.9 Å². The van der Waals surface area contributed by atoms with Crippen LogP contribution in [0.5, 0.6) is 0 Å². The van der Waals surface area contributed by atoms with Crippen LogP contribution in [0.25, 0.3) is 12.1 Å². The van der Waals surface area contributed by atoms with Gasteiger partial charge in [0.2, 0.25) is 5.88 Å². The van der Waals surface area contributed by atoms with E-state index in [1.54, 1.807) is 7.11 Å². The van der Waals surface area contributed by atoms with Gasteiger partial charge in [-0.25, -0.2) is 0 Å². The zero-order chi connectivity index (χ0) is 9.26. The Labute approximate surface area is 80.9 Å². The Kier molecular flexibility index (Phi) is 2.02. The molecule has 1 aromatic rings. The minimum atomic E-state index is 0.611. The van der Waals surface area contributed by atoms with Gasteiger partial charge in [-0.05, 0) is 6.07 Å². The van der Waals surface area contributed by atoms with Crippen molar-refractivity contribution in [1.29, 1.82) is 0 Å². The van der Waals surface area contributed by atoms with Crippen LogP contribution in [0.15, 0.2) is 24.3 Å². The van der Waals surface area contributed by atoms with Gasteiger partial charge in [-0.3, -0.25) is 5.43 Å². The molecule has 2 rings (SSSR count). The molecule has 1 N–H and O–H groups in total. The molecule has 4 heteroatoms. The van der Waals surface area contributed by atoms with E-state index in [2.05, 4.69) is 5.43 Å². The number of rotatable bonds is 1. The van der Waals surface area contributed by atoms with E-state index in [0.717, 1.165) is 10.4 Å². The minimum absolute atomic E-state index is 0.611. The molecule has 0 aromatic heterocycles. The zero-order valence-electron chi connectivity index (χ0n) is 7.12. The number of benzene rings is 1. The summed E-state index contributed by atoms with van der Waals surface area (Å²) in [6.07, 6.45) is 1.82. The highest BCUT2D eigenvalue weighted by Crippen LogP contribution is 2.05. The van der Waals surface area contributed by atoms with E-state index >= 15 is 0 Å². The summed E-state index contributed by atoms with van der Waals surface area (Å²) in [7, 11) is 1.59. The van der Waals surface area contributed by atoms with Gasteiger partial charge >= 0.3 is 0 Å². The monoisotopic (exact) mass is 196 g/mol. The van der Waals surface area contributed by atoms with Crippen LogP contribution >= 0.6 is 11.8 Å². The van der Waals surface area contributed by atoms with E-state index in [1.807, 2.05) is 30.5 Å². The first kappa shape index (κ1) is 8.26. The standard InChI is InChI=1S/C9H9ClN2O/c1-13-9-8-5-3-2-4-7(8)6-11-12(9)10/h2-6,11H,1H3. The van der Waals surface area contributed by atoms with Crippen LogP contribution < -0.4 is 15.9 Å². The molecule has 0 bridgehead atoms. The van der Waals surface area contributed by atoms with E-state index < -0.39 is 0 Å². The molecule has 0 spiro atoms. The fraction of sp³-hybridized carbons (Fsp3) is 0.111. The third-order valence-corrected chi connectivity index (χ3v) is 2.15. The van der Waals surface area contributed by atoms with Crippen molar-refractivity contribution in [2.75, 3.05) is 7.11 Å². The summed E-state index contributed by atoms with van der Waals surface area (Å²) in [6, 6.07) is 7.86. The number of hydrazine groups is 1. The summed E-state index contributed by atoms with van der Waals surface area (Å²) < 4.78 is 6.48. The molecule has 68 valence electrons. The third kappa shape index (κ3) is 1.31. The van der Waals surface area contributed by atoms with Gasteiger partial charge < -0.3 is 4.74 Å². The van der Waals surface area contributed by atoms with Gasteiger partial charge in [-0.1, -0.05) is 18.2 Å². The highest BCUT2D eigenvalue weighted by atomic mass is 35.5. The maximum Gasteiger partial charge on any atom is 0.231 e. The van der Waals surface area contributed by atoms with E-state index in [4.69, 9.17) is 16.5 Å². The van der Waals surface area contributed by atoms with E-state index in [1.165, 1.54) is 4.53 Å². The molecule has 0 amide bonds. The largest absolute Gasteiger partial charge is 0.480 e. The Hall–Kier alpha value is -1.35. The highest BCUT2D eigenvalue weighted by molar-refractivity contribution is 6.16. The van der Waals surface area contributed by atoms with E-state index in [9.17, 15) is 0 Å². The fourth-order valence-corrected chi connectivity index (χ4v) is 1.51. The van der Waals surface area contributed by atoms with Crippen LogP contribution in [-0.2, 0) is 4.74 Å². The summed E-state index contributed by atoms with van der Waals surface area (Å²) in [6.45, 7) is 0. The molecule has 1 aromatic carbocycles. The molecule has 1 aliphatic rings. The third-order valence-electron chi connectivity index (χ3n) is 1.90. The lowest BCUT2D eigenvalue weighted by Crippen LogP contribution is -2.42. The number of fused-ring (bicyclic) bond motifs is 1. The summed E-state index contributed by atoms with van der Waals surface area (Å²) in [5.41, 5.74) is 2.85. The topological polar surface area (TPSA) is 24.5 Å². The van der Waals surface area contributed by atoms with Crippen LogP contribution in [-0.4, -0.2) is 11.6 Å². The first-order valence-corrected chi connectivity index (χ1v) is 4.22. The number of halogens is 1. The van der Waals surface area contributed by atoms with Gasteiger partial charge in [0.1, 0.15) is 0 Å². The molecule has 3 nitrogen and oxygen atoms in total. The van der Waals surface area contributed by atoms with Crippen molar-refractivity contribution in [1.82, 2.24) is 9.95 Å². The number of hydrogen-bond donors (Lipinski definition) is 1. The average molecular weight is 197 g/mol. The molecule has 1 aliphatic heterocycles. The predicted octanol–water partition coefficient (Wildman–Crippen LogP) is 0.111. The smallest absolute Gasteiger partial charge is 0.231 e. The van der Waals surface area contributed by atoms with Crippen molar-refractivity contribution in [3.63, 3.8) is 0 Å². The molecule has 0 saturated carbocycles. The van der Waals surface area contributed by atoms with Gasteiger partial charge in [0.25, 0.3) is 0 Å². The molecule has 0 radical (unpaired) electrons. The molecule has 0 saturated heterocycles. The second kappa shape index (κ2) is 3.18. The highest BCUT2D eigenvalue weighted by Gasteiger charge is 2.10. The maximum absolute atomic E-state index is 5.84. The molecule has 0 aliphatic carbocycles. The van der Waals surface area contributed by atoms with Crippen LogP contribution in [0.1, 0.15) is 0 Å². The molecular formula is C9H9ClN2O. The van der Waals surface area contributed by atoms with Gasteiger partial charge in [-0.2, -0.15) is 4.53 Å². The number of nitrogens with zero attached hydrogens (tertiary/aromatic N) is 1. The van der Waals surface area contributed by atoms with Crippen LogP contribution in [0.3, 0.4) is 0 Å². The number of ether oxygens (including phenoxy) is 1. The normalized spacial score (nSPS) is 14.3. The fourth-order valence-electron chi connectivity index (χ4n) is 1.30. The van der Waals surface area contributed by atoms with Crippen LogP contribution in [0.2, 0.25) is 0 Å². The first-order valence-electron chi connectivity index (χ1n) is 3.88. The summed E-state index contributed by atoms with van der Waals surface area (Å²) >= 11 is 5.84. The van der Waals surface area contributed by atoms with Crippen LogP contribution in [0, 0.1) is 0 Å². The molecular weight excluding hydrogens is 188 g/mol. The van der Waals surface area contributed by atoms with Crippen molar-refractivity contribution in [2.45, 2.75) is 0 Å². The Morgan fingerprint density at radius 2 is 2.15 bits per heavy atom. The predicted molar refractivity (Wildman–Crippen MR) is 51.4 cm³/mol. The Bertz CT molecular complexity index is 429. The molecule has 13 heavy (non-hydrogen) atoms. The Morgan fingerprint density at radius 3 is 2.92 bits per heavy atom. The van der Waals surface area contributed by atoms with Gasteiger partial charge in [-0.15, -0.1) is 0 Å². The van der Waals surface area contributed by atoms with Gasteiger partial charge in [0.15, 0.2) is 0 Å². The van der Waals surface area contributed by atoms with E-state index in [0.29, 0.717) is 5.88 Å². The summed E-state index contributed by atoms with van der Waals surface area (Å²) in [5.74, 6) is 0.611. The van der Waals surface area contributed by atoms with Crippen LogP contribution in [0.4, 0.5) is 0 Å². The van der Waals surface area contributed by atoms with Crippen molar-refractivity contribution < 1.29 is 4.74 Å². The second-order valence-corrected chi connectivity index (χ2v) is 2.99. The quantitative estimate of drug-likeness (QED) is 0.646. The summed E-state index contributed by atoms with van der Waals surface area (Å²) in [5, 5.41) is 2.05. The van der Waals surface area contributed by atoms with E-state index in [-0.39, 0.29) is 0 Å². The van der Waals surface area contributed by atoms with Crippen molar-refractivity contribution in [3.05, 3.63) is 34.7 Å². The summed E-state index contributed by atoms with van der Waals surface area (Å²) in [4.78, 5) is 0. The average Bonchev–Trinajstić information content (AvgIpc) is 2.18.